The van der Waals surface area contributed by atoms with Crippen LogP contribution in [0.2, 0.25) is 25.7 Å². The number of ether oxygens (including phenoxy) is 1. The maximum Gasteiger partial charge on any atom is 0.233 e. The largest absolute Gasteiger partial charge is 0.361 e. The number of aromatic nitrogens is 2. The summed E-state index contributed by atoms with van der Waals surface area (Å²) in [6.07, 6.45) is 3.04. The van der Waals surface area contributed by atoms with Crippen molar-refractivity contribution in [2.75, 3.05) is 17.1 Å². The van der Waals surface area contributed by atoms with Gasteiger partial charge in [-0.15, -0.1) is 0 Å². The summed E-state index contributed by atoms with van der Waals surface area (Å²) < 4.78 is 32.7. The first-order chi connectivity index (χ1) is 8.73. The monoisotopic (exact) mass is 305 g/mol. The van der Waals surface area contributed by atoms with E-state index in [1.165, 1.54) is 6.20 Å². The van der Waals surface area contributed by atoms with E-state index < -0.39 is 18.1 Å². The normalized spacial score (nSPS) is 12.6. The van der Waals surface area contributed by atoms with Gasteiger partial charge in [0.05, 0.1) is 18.3 Å². The quantitative estimate of drug-likeness (QED) is 0.588. The number of imidazole rings is 1. The molecule has 0 fully saturated rings. The molecule has 0 bridgehead atoms. The van der Waals surface area contributed by atoms with Gasteiger partial charge in [-0.25, -0.2) is 13.4 Å². The number of nitrogens with zero attached hydrogens (tertiary/aromatic N) is 2. The van der Waals surface area contributed by atoms with Crippen molar-refractivity contribution in [2.45, 2.75) is 39.3 Å². The van der Waals surface area contributed by atoms with Gasteiger partial charge in [0.2, 0.25) is 10.0 Å². The van der Waals surface area contributed by atoms with E-state index in [1.807, 2.05) is 0 Å². The number of hydrogen-bond donors (Lipinski definition) is 1. The number of nitrogens with one attached hydrogen (secondary N) is 1. The minimum atomic E-state index is -3.28. The van der Waals surface area contributed by atoms with E-state index >= 15 is 0 Å². The fourth-order valence-corrected chi connectivity index (χ4v) is 2.67. The summed E-state index contributed by atoms with van der Waals surface area (Å²) in [6, 6.07) is 1.08. The second-order valence-corrected chi connectivity index (χ2v) is 13.2. The Morgan fingerprint density at radius 1 is 1.42 bits per heavy atom. The molecule has 8 heteroatoms. The SMILES string of the molecule is CCS(=O)(=O)Nc1cncn1COCC[Si](C)(C)C. The summed E-state index contributed by atoms with van der Waals surface area (Å²) in [4.78, 5) is 3.93. The molecule has 0 radical (unpaired) electrons. The third-order valence-corrected chi connectivity index (χ3v) is 5.56. The van der Waals surface area contributed by atoms with Crippen molar-refractivity contribution in [1.29, 1.82) is 0 Å². The molecule has 0 saturated carbocycles. The van der Waals surface area contributed by atoms with Crippen LogP contribution in [0.1, 0.15) is 6.92 Å². The van der Waals surface area contributed by atoms with Crippen molar-refractivity contribution in [2.24, 2.45) is 0 Å². The van der Waals surface area contributed by atoms with Crippen LogP contribution in [-0.4, -0.2) is 38.4 Å². The minimum absolute atomic E-state index is 0.0364. The highest BCUT2D eigenvalue weighted by atomic mass is 32.2. The molecule has 1 rings (SSSR count). The smallest absolute Gasteiger partial charge is 0.233 e. The number of hydrogen-bond acceptors (Lipinski definition) is 4. The molecule has 0 unspecified atom stereocenters. The van der Waals surface area contributed by atoms with Crippen LogP contribution in [0.5, 0.6) is 0 Å². The van der Waals surface area contributed by atoms with E-state index in [4.69, 9.17) is 4.74 Å². The predicted octanol–water partition coefficient (Wildman–Crippen LogP) is 1.96. The summed E-state index contributed by atoms with van der Waals surface area (Å²) in [5.74, 6) is 0.476. The van der Waals surface area contributed by atoms with Crippen LogP contribution in [-0.2, 0) is 21.5 Å². The maximum absolute atomic E-state index is 11.5. The number of rotatable bonds is 8. The molecule has 0 aliphatic rings. The van der Waals surface area contributed by atoms with Gasteiger partial charge in [0.15, 0.2) is 0 Å². The topological polar surface area (TPSA) is 73.2 Å². The van der Waals surface area contributed by atoms with E-state index in [0.29, 0.717) is 19.2 Å². The molecule has 0 saturated heterocycles. The Kier molecular flexibility index (Phi) is 5.57. The van der Waals surface area contributed by atoms with Gasteiger partial charge in [-0.05, 0) is 13.0 Å². The van der Waals surface area contributed by atoms with Crippen molar-refractivity contribution >= 4 is 23.9 Å². The first-order valence-electron chi connectivity index (χ1n) is 6.32. The van der Waals surface area contributed by atoms with Crippen molar-refractivity contribution in [3.05, 3.63) is 12.5 Å². The Balaban J connectivity index is 2.50. The third-order valence-electron chi connectivity index (χ3n) is 2.58. The molecule has 0 atom stereocenters. The molecule has 1 N–H and O–H groups in total. The van der Waals surface area contributed by atoms with Crippen LogP contribution < -0.4 is 4.72 Å². The maximum atomic E-state index is 11.5. The van der Waals surface area contributed by atoms with Crippen LogP contribution in [0.25, 0.3) is 0 Å². The van der Waals surface area contributed by atoms with Crippen molar-refractivity contribution < 1.29 is 13.2 Å². The minimum Gasteiger partial charge on any atom is -0.361 e. The molecule has 0 aromatic carbocycles. The summed E-state index contributed by atoms with van der Waals surface area (Å²) in [7, 11) is -4.38. The lowest BCUT2D eigenvalue weighted by molar-refractivity contribution is 0.0885. The summed E-state index contributed by atoms with van der Waals surface area (Å²) in [6.45, 7) is 9.45. The lowest BCUT2D eigenvalue weighted by Crippen LogP contribution is -2.22. The van der Waals surface area contributed by atoms with Gasteiger partial charge in [0, 0.05) is 14.7 Å². The predicted molar refractivity (Wildman–Crippen MR) is 79.4 cm³/mol. The fraction of sp³-hybridized carbons (Fsp3) is 0.727. The van der Waals surface area contributed by atoms with Gasteiger partial charge in [0.1, 0.15) is 12.5 Å². The van der Waals surface area contributed by atoms with E-state index in [-0.39, 0.29) is 5.75 Å². The zero-order valence-corrected chi connectivity index (χ0v) is 13.8. The molecule has 19 heavy (non-hydrogen) atoms. The Hall–Kier alpha value is -0.863. The summed E-state index contributed by atoms with van der Waals surface area (Å²) >= 11 is 0. The lowest BCUT2D eigenvalue weighted by Gasteiger charge is -2.16. The molecule has 0 aliphatic carbocycles. The summed E-state index contributed by atoms with van der Waals surface area (Å²) in [5.41, 5.74) is 0. The summed E-state index contributed by atoms with van der Waals surface area (Å²) in [5, 5.41) is 0. The highest BCUT2D eigenvalue weighted by Gasteiger charge is 2.13. The molecule has 0 aliphatic heterocycles. The highest BCUT2D eigenvalue weighted by molar-refractivity contribution is 7.92. The van der Waals surface area contributed by atoms with Crippen LogP contribution in [0.3, 0.4) is 0 Å². The Bertz CT molecular complexity index is 494. The van der Waals surface area contributed by atoms with Crippen molar-refractivity contribution in [3.8, 4) is 0 Å². The van der Waals surface area contributed by atoms with E-state index in [1.54, 1.807) is 17.8 Å². The first-order valence-corrected chi connectivity index (χ1v) is 11.7. The molecule has 1 aromatic heterocycles. The van der Waals surface area contributed by atoms with E-state index in [9.17, 15) is 8.42 Å². The van der Waals surface area contributed by atoms with Gasteiger partial charge < -0.3 is 4.74 Å². The van der Waals surface area contributed by atoms with Crippen molar-refractivity contribution in [1.82, 2.24) is 9.55 Å². The van der Waals surface area contributed by atoms with E-state index in [0.717, 1.165) is 6.04 Å². The van der Waals surface area contributed by atoms with Crippen LogP contribution in [0, 0.1) is 0 Å². The average molecular weight is 305 g/mol. The fourth-order valence-electron chi connectivity index (χ4n) is 1.28. The van der Waals surface area contributed by atoms with Gasteiger partial charge in [-0.2, -0.15) is 0 Å². The molecule has 6 nitrogen and oxygen atoms in total. The Morgan fingerprint density at radius 2 is 2.11 bits per heavy atom. The molecule has 110 valence electrons. The first kappa shape index (κ1) is 16.2. The number of anilines is 1. The van der Waals surface area contributed by atoms with Crippen LogP contribution in [0.15, 0.2) is 12.5 Å². The van der Waals surface area contributed by atoms with Gasteiger partial charge in [-0.3, -0.25) is 9.29 Å². The standard InChI is InChI=1S/C11H23N3O3SSi/c1-5-18(15,16)13-11-8-12-9-14(11)10-17-6-7-19(2,3)4/h8-9,13H,5-7,10H2,1-4H3. The average Bonchev–Trinajstić information content (AvgIpc) is 2.70. The Morgan fingerprint density at radius 3 is 2.68 bits per heavy atom. The molecular weight excluding hydrogens is 282 g/mol. The van der Waals surface area contributed by atoms with Gasteiger partial charge in [-0.1, -0.05) is 19.6 Å². The molecule has 0 spiro atoms. The van der Waals surface area contributed by atoms with Crippen LogP contribution in [0.4, 0.5) is 5.82 Å². The highest BCUT2D eigenvalue weighted by Crippen LogP contribution is 2.11. The second kappa shape index (κ2) is 6.53. The Labute approximate surface area is 116 Å². The lowest BCUT2D eigenvalue weighted by atomic mass is 10.7. The molecular formula is C11H23N3O3SSi. The number of sulfonamides is 1. The van der Waals surface area contributed by atoms with E-state index in [2.05, 4.69) is 29.3 Å². The molecule has 1 aromatic rings. The third kappa shape index (κ3) is 6.21. The van der Waals surface area contributed by atoms with Crippen molar-refractivity contribution in [3.63, 3.8) is 0 Å². The van der Waals surface area contributed by atoms with Gasteiger partial charge in [0.25, 0.3) is 0 Å². The zero-order chi connectivity index (χ0) is 14.5. The zero-order valence-electron chi connectivity index (χ0n) is 12.0. The second-order valence-electron chi connectivity index (χ2n) is 5.60. The van der Waals surface area contributed by atoms with Gasteiger partial charge >= 0.3 is 0 Å². The molecule has 0 amide bonds. The van der Waals surface area contributed by atoms with Crippen LogP contribution >= 0.6 is 0 Å². The molecule has 1 heterocycles.